The van der Waals surface area contributed by atoms with Crippen molar-refractivity contribution in [2.24, 2.45) is 0 Å². The largest absolute Gasteiger partial charge is 0.478 e. The van der Waals surface area contributed by atoms with E-state index in [0.29, 0.717) is 0 Å². The van der Waals surface area contributed by atoms with E-state index < -0.39 is 17.7 Å². The van der Waals surface area contributed by atoms with Crippen LogP contribution < -0.4 is 0 Å². The first kappa shape index (κ1) is 9.30. The number of rotatable bonds is 2. The van der Waals surface area contributed by atoms with Crippen molar-refractivity contribution in [1.82, 2.24) is 4.90 Å². The SMILES string of the molecule is CC1(C(=O)O)CN(C2CCC2)C(=O)O1. The highest BCUT2D eigenvalue weighted by Crippen LogP contribution is 2.32. The van der Waals surface area contributed by atoms with Crippen LogP contribution in [0.2, 0.25) is 0 Å². The molecule has 2 rings (SSSR count). The quantitative estimate of drug-likeness (QED) is 0.715. The summed E-state index contributed by atoms with van der Waals surface area (Å²) in [5.41, 5.74) is -1.35. The van der Waals surface area contributed by atoms with Gasteiger partial charge in [0.1, 0.15) is 0 Å². The number of amides is 1. The lowest BCUT2D eigenvalue weighted by Crippen LogP contribution is -2.44. The van der Waals surface area contributed by atoms with Crippen molar-refractivity contribution >= 4 is 12.1 Å². The summed E-state index contributed by atoms with van der Waals surface area (Å²) < 4.78 is 4.87. The zero-order valence-electron chi connectivity index (χ0n) is 8.02. The van der Waals surface area contributed by atoms with Gasteiger partial charge in [-0.3, -0.25) is 0 Å². The summed E-state index contributed by atoms with van der Waals surface area (Å²) in [4.78, 5) is 23.7. The molecule has 0 radical (unpaired) electrons. The maximum Gasteiger partial charge on any atom is 0.411 e. The van der Waals surface area contributed by atoms with Crippen LogP contribution in [0.5, 0.6) is 0 Å². The number of carbonyl (C=O) groups excluding carboxylic acids is 1. The van der Waals surface area contributed by atoms with E-state index in [1.807, 2.05) is 0 Å². The third-order valence-electron chi connectivity index (χ3n) is 2.99. The molecule has 1 saturated carbocycles. The Morgan fingerprint density at radius 2 is 2.29 bits per heavy atom. The normalized spacial score (nSPS) is 32.6. The van der Waals surface area contributed by atoms with Crippen molar-refractivity contribution in [2.75, 3.05) is 6.54 Å². The van der Waals surface area contributed by atoms with Crippen LogP contribution in [0.4, 0.5) is 4.79 Å². The number of carbonyl (C=O) groups is 2. The van der Waals surface area contributed by atoms with Crippen LogP contribution in [-0.2, 0) is 9.53 Å². The van der Waals surface area contributed by atoms with Gasteiger partial charge in [0.25, 0.3) is 0 Å². The monoisotopic (exact) mass is 199 g/mol. The Labute approximate surface area is 81.6 Å². The summed E-state index contributed by atoms with van der Waals surface area (Å²) in [7, 11) is 0. The molecular weight excluding hydrogens is 186 g/mol. The molecule has 5 nitrogen and oxygen atoms in total. The van der Waals surface area contributed by atoms with E-state index in [0.717, 1.165) is 19.3 Å². The Bertz CT molecular complexity index is 287. The van der Waals surface area contributed by atoms with Crippen LogP contribution in [0.1, 0.15) is 26.2 Å². The molecule has 1 unspecified atom stereocenters. The van der Waals surface area contributed by atoms with Gasteiger partial charge >= 0.3 is 12.1 Å². The first-order valence-corrected chi connectivity index (χ1v) is 4.76. The van der Waals surface area contributed by atoms with Crippen molar-refractivity contribution in [3.8, 4) is 0 Å². The summed E-state index contributed by atoms with van der Waals surface area (Å²) in [5.74, 6) is -1.08. The minimum absolute atomic E-state index is 0.172. The number of cyclic esters (lactones) is 1. The van der Waals surface area contributed by atoms with E-state index >= 15 is 0 Å². The van der Waals surface area contributed by atoms with E-state index in [2.05, 4.69) is 0 Å². The minimum Gasteiger partial charge on any atom is -0.478 e. The van der Waals surface area contributed by atoms with E-state index in [4.69, 9.17) is 9.84 Å². The van der Waals surface area contributed by atoms with Crippen molar-refractivity contribution in [2.45, 2.75) is 37.8 Å². The number of nitrogens with zero attached hydrogens (tertiary/aromatic N) is 1. The molecule has 78 valence electrons. The highest BCUT2D eigenvalue weighted by atomic mass is 16.6. The van der Waals surface area contributed by atoms with Gasteiger partial charge in [0.05, 0.1) is 6.54 Å². The highest BCUT2D eigenvalue weighted by molar-refractivity contribution is 5.85. The summed E-state index contributed by atoms with van der Waals surface area (Å²) in [5, 5.41) is 8.88. The van der Waals surface area contributed by atoms with Gasteiger partial charge in [-0.05, 0) is 26.2 Å². The second-order valence-corrected chi connectivity index (χ2v) is 4.12. The molecule has 5 heteroatoms. The fourth-order valence-corrected chi connectivity index (χ4v) is 1.76. The molecule has 14 heavy (non-hydrogen) atoms. The van der Waals surface area contributed by atoms with Crippen LogP contribution in [0.25, 0.3) is 0 Å². The lowest BCUT2D eigenvalue weighted by Gasteiger charge is -2.32. The molecule has 1 aliphatic heterocycles. The fourth-order valence-electron chi connectivity index (χ4n) is 1.76. The van der Waals surface area contributed by atoms with E-state index in [1.54, 1.807) is 0 Å². The second-order valence-electron chi connectivity index (χ2n) is 4.12. The maximum absolute atomic E-state index is 11.4. The van der Waals surface area contributed by atoms with Crippen molar-refractivity contribution in [3.05, 3.63) is 0 Å². The molecule has 2 fully saturated rings. The summed E-state index contributed by atoms with van der Waals surface area (Å²) in [6, 6.07) is 0.198. The van der Waals surface area contributed by atoms with Gasteiger partial charge in [-0.1, -0.05) is 0 Å². The molecule has 0 spiro atoms. The van der Waals surface area contributed by atoms with Gasteiger partial charge in [-0.25, -0.2) is 9.59 Å². The van der Waals surface area contributed by atoms with Gasteiger partial charge in [-0.2, -0.15) is 0 Å². The van der Waals surface area contributed by atoms with Gasteiger partial charge in [0.15, 0.2) is 0 Å². The Balaban J connectivity index is 2.09. The van der Waals surface area contributed by atoms with Gasteiger partial charge in [0, 0.05) is 6.04 Å². The summed E-state index contributed by atoms with van der Waals surface area (Å²) in [6.45, 7) is 1.61. The maximum atomic E-state index is 11.4. The van der Waals surface area contributed by atoms with Gasteiger partial charge in [-0.15, -0.1) is 0 Å². The number of hydrogen-bond acceptors (Lipinski definition) is 3. The Morgan fingerprint density at radius 3 is 2.64 bits per heavy atom. The lowest BCUT2D eigenvalue weighted by molar-refractivity contribution is -0.153. The first-order chi connectivity index (χ1) is 6.53. The zero-order chi connectivity index (χ0) is 10.3. The van der Waals surface area contributed by atoms with Crippen LogP contribution in [0.3, 0.4) is 0 Å². The van der Waals surface area contributed by atoms with Gasteiger partial charge in [0.2, 0.25) is 5.60 Å². The first-order valence-electron chi connectivity index (χ1n) is 4.76. The third-order valence-corrected chi connectivity index (χ3v) is 2.99. The molecule has 1 heterocycles. The predicted molar refractivity (Wildman–Crippen MR) is 46.9 cm³/mol. The van der Waals surface area contributed by atoms with Crippen molar-refractivity contribution < 1.29 is 19.4 Å². The van der Waals surface area contributed by atoms with Crippen LogP contribution >= 0.6 is 0 Å². The third kappa shape index (κ3) is 1.23. The molecule has 1 atom stereocenters. The van der Waals surface area contributed by atoms with Crippen LogP contribution in [0, 0.1) is 0 Å². The predicted octanol–water partition coefficient (Wildman–Crippen LogP) is 0.834. The summed E-state index contributed by atoms with van der Waals surface area (Å²) >= 11 is 0. The molecule has 0 aromatic rings. The number of hydrogen-bond donors (Lipinski definition) is 1. The fraction of sp³-hybridized carbons (Fsp3) is 0.778. The summed E-state index contributed by atoms with van der Waals surface area (Å²) in [6.07, 6.45) is 2.55. The average Bonchev–Trinajstić information content (AvgIpc) is 2.25. The minimum atomic E-state index is -1.35. The van der Waals surface area contributed by atoms with E-state index in [-0.39, 0.29) is 12.6 Å². The topological polar surface area (TPSA) is 66.8 Å². The number of carboxylic acids is 1. The average molecular weight is 199 g/mol. The Morgan fingerprint density at radius 1 is 1.64 bits per heavy atom. The number of ether oxygens (including phenoxy) is 1. The lowest BCUT2D eigenvalue weighted by atomic mass is 9.91. The smallest absolute Gasteiger partial charge is 0.411 e. The Kier molecular flexibility index (Phi) is 1.90. The standard InChI is InChI=1S/C9H13NO4/c1-9(7(11)12)5-10(8(13)14-9)6-3-2-4-6/h6H,2-5H2,1H3,(H,11,12). The molecule has 1 aliphatic carbocycles. The number of aliphatic carboxylic acids is 1. The zero-order valence-corrected chi connectivity index (χ0v) is 8.02. The second kappa shape index (κ2) is 2.87. The Hall–Kier alpha value is -1.26. The molecule has 2 aliphatic rings. The highest BCUT2D eigenvalue weighted by Gasteiger charge is 2.50. The molecule has 1 saturated heterocycles. The molecule has 0 aromatic carbocycles. The van der Waals surface area contributed by atoms with E-state index in [9.17, 15) is 9.59 Å². The van der Waals surface area contributed by atoms with Crippen molar-refractivity contribution in [1.29, 1.82) is 0 Å². The molecular formula is C9H13NO4. The van der Waals surface area contributed by atoms with Crippen LogP contribution in [-0.4, -0.2) is 40.3 Å². The van der Waals surface area contributed by atoms with E-state index in [1.165, 1.54) is 11.8 Å². The van der Waals surface area contributed by atoms with Crippen LogP contribution in [0.15, 0.2) is 0 Å². The molecule has 1 N–H and O–H groups in total. The molecule has 0 bridgehead atoms. The number of carboxylic acid groups (broad SMARTS) is 1. The molecule has 1 amide bonds. The van der Waals surface area contributed by atoms with Gasteiger partial charge < -0.3 is 14.7 Å². The molecule has 0 aromatic heterocycles. The van der Waals surface area contributed by atoms with Crippen molar-refractivity contribution in [3.63, 3.8) is 0 Å².